The topological polar surface area (TPSA) is 61.4 Å². The lowest BCUT2D eigenvalue weighted by Gasteiger charge is -2.14. The fraction of sp³-hybridized carbons (Fsp3) is 0.267. The average Bonchev–Trinajstić information content (AvgIpc) is 2.92. The lowest BCUT2D eigenvalue weighted by atomic mass is 10.1. The van der Waals surface area contributed by atoms with Crippen molar-refractivity contribution in [2.75, 3.05) is 18.5 Å². The summed E-state index contributed by atoms with van der Waals surface area (Å²) in [5, 5.41) is 14.7. The summed E-state index contributed by atoms with van der Waals surface area (Å²) in [6.07, 6.45) is 0. The zero-order valence-corrected chi connectivity index (χ0v) is 13.2. The molecule has 2 rings (SSSR count). The molecule has 0 radical (unpaired) electrons. The lowest BCUT2D eigenvalue weighted by Crippen LogP contribution is -2.26. The van der Waals surface area contributed by atoms with Gasteiger partial charge >= 0.3 is 0 Å². The second-order valence-electron chi connectivity index (χ2n) is 4.56. The van der Waals surface area contributed by atoms with E-state index < -0.39 is 0 Å². The fourth-order valence-corrected chi connectivity index (χ4v) is 2.93. The van der Waals surface area contributed by atoms with Crippen molar-refractivity contribution in [2.45, 2.75) is 13.0 Å². The van der Waals surface area contributed by atoms with Crippen LogP contribution in [0.5, 0.6) is 0 Å². The first-order valence-electron chi connectivity index (χ1n) is 6.61. The van der Waals surface area contributed by atoms with Gasteiger partial charge in [-0.15, -0.1) is 11.3 Å². The minimum Gasteiger partial charge on any atom is -0.395 e. The molecule has 0 spiro atoms. The lowest BCUT2D eigenvalue weighted by molar-refractivity contribution is 0.0945. The Hall–Kier alpha value is -1.56. The van der Waals surface area contributed by atoms with Crippen LogP contribution in [-0.4, -0.2) is 24.2 Å². The normalized spacial score (nSPS) is 12.0. The molecule has 0 bridgehead atoms. The van der Waals surface area contributed by atoms with Crippen LogP contribution >= 0.6 is 22.9 Å². The number of benzene rings is 1. The molecule has 6 heteroatoms. The smallest absolute Gasteiger partial charge is 0.251 e. The molecule has 3 N–H and O–H groups in total. The number of rotatable bonds is 6. The van der Waals surface area contributed by atoms with Gasteiger partial charge in [-0.2, -0.15) is 0 Å². The van der Waals surface area contributed by atoms with E-state index in [0.717, 1.165) is 14.9 Å². The van der Waals surface area contributed by atoms with Crippen LogP contribution in [0.1, 0.15) is 28.2 Å². The minimum absolute atomic E-state index is 0.0632. The van der Waals surface area contributed by atoms with Gasteiger partial charge in [-0.3, -0.25) is 4.79 Å². The molecule has 1 aromatic carbocycles. The maximum absolute atomic E-state index is 11.7. The molecule has 0 aliphatic carbocycles. The van der Waals surface area contributed by atoms with Crippen molar-refractivity contribution in [2.24, 2.45) is 0 Å². The van der Waals surface area contributed by atoms with Gasteiger partial charge in [0.15, 0.2) is 0 Å². The number of hydrogen-bond donors (Lipinski definition) is 3. The van der Waals surface area contributed by atoms with Gasteiger partial charge in [0.05, 0.1) is 17.0 Å². The van der Waals surface area contributed by atoms with Crippen molar-refractivity contribution in [3.05, 3.63) is 51.2 Å². The van der Waals surface area contributed by atoms with Crippen LogP contribution in [0.15, 0.2) is 36.4 Å². The molecule has 21 heavy (non-hydrogen) atoms. The molecule has 0 aliphatic rings. The summed E-state index contributed by atoms with van der Waals surface area (Å²) in [5.41, 5.74) is 1.51. The predicted molar refractivity (Wildman–Crippen MR) is 87.2 cm³/mol. The van der Waals surface area contributed by atoms with E-state index in [1.807, 2.05) is 24.3 Å². The average molecular weight is 325 g/mol. The number of carbonyl (C=O) groups excluding carboxylic acids is 1. The van der Waals surface area contributed by atoms with Crippen molar-refractivity contribution in [3.8, 4) is 0 Å². The van der Waals surface area contributed by atoms with Crippen molar-refractivity contribution in [3.63, 3.8) is 0 Å². The molecule has 2 aromatic rings. The number of anilines is 1. The second-order valence-corrected chi connectivity index (χ2v) is 6.31. The van der Waals surface area contributed by atoms with E-state index in [0.29, 0.717) is 5.56 Å². The van der Waals surface area contributed by atoms with E-state index in [1.54, 1.807) is 23.5 Å². The van der Waals surface area contributed by atoms with E-state index in [2.05, 4.69) is 17.6 Å². The molecule has 0 fully saturated rings. The van der Waals surface area contributed by atoms with Gasteiger partial charge in [-0.25, -0.2) is 0 Å². The van der Waals surface area contributed by atoms with E-state index in [1.165, 1.54) is 0 Å². The predicted octanol–water partition coefficient (Wildman–Crippen LogP) is 3.30. The SMILES string of the molecule is CC(Nc1ccc(C(=O)NCCO)cc1)c1ccc(Cl)s1. The maximum Gasteiger partial charge on any atom is 0.251 e. The number of aliphatic hydroxyl groups excluding tert-OH is 1. The van der Waals surface area contributed by atoms with Crippen LogP contribution in [0, 0.1) is 0 Å². The van der Waals surface area contributed by atoms with Gasteiger partial charge in [0.25, 0.3) is 5.91 Å². The Kier molecular flexibility index (Phi) is 5.61. The third-order valence-corrected chi connectivity index (χ3v) is 4.36. The number of nitrogens with one attached hydrogen (secondary N) is 2. The minimum atomic E-state index is -0.186. The number of thiophene rings is 1. The molecular formula is C15H17ClN2O2S. The summed E-state index contributed by atoms with van der Waals surface area (Å²) in [6, 6.07) is 11.3. The second kappa shape index (κ2) is 7.45. The zero-order chi connectivity index (χ0) is 15.2. The maximum atomic E-state index is 11.7. The van der Waals surface area contributed by atoms with Crippen LogP contribution in [0.4, 0.5) is 5.69 Å². The van der Waals surface area contributed by atoms with Crippen molar-refractivity contribution >= 4 is 34.5 Å². The van der Waals surface area contributed by atoms with Crippen molar-refractivity contribution in [1.29, 1.82) is 0 Å². The molecule has 1 aromatic heterocycles. The van der Waals surface area contributed by atoms with Gasteiger partial charge in [-0.05, 0) is 43.3 Å². The molecule has 1 amide bonds. The van der Waals surface area contributed by atoms with Crippen LogP contribution in [0.25, 0.3) is 0 Å². The molecule has 0 saturated heterocycles. The van der Waals surface area contributed by atoms with Gasteiger partial charge in [-0.1, -0.05) is 11.6 Å². The van der Waals surface area contributed by atoms with Crippen molar-refractivity contribution in [1.82, 2.24) is 5.32 Å². The Morgan fingerprint density at radius 1 is 1.29 bits per heavy atom. The van der Waals surface area contributed by atoms with Crippen LogP contribution < -0.4 is 10.6 Å². The molecule has 1 unspecified atom stereocenters. The third-order valence-electron chi connectivity index (χ3n) is 2.95. The van der Waals surface area contributed by atoms with Crippen LogP contribution in [0.3, 0.4) is 0 Å². The molecule has 0 aliphatic heterocycles. The monoisotopic (exact) mass is 324 g/mol. The first-order chi connectivity index (χ1) is 10.1. The Morgan fingerprint density at radius 2 is 2.00 bits per heavy atom. The number of amides is 1. The molecule has 4 nitrogen and oxygen atoms in total. The highest BCUT2D eigenvalue weighted by Crippen LogP contribution is 2.28. The quantitative estimate of drug-likeness (QED) is 0.764. The number of carbonyl (C=O) groups is 1. The first kappa shape index (κ1) is 15.8. The van der Waals surface area contributed by atoms with Gasteiger partial charge in [0.2, 0.25) is 0 Å². The molecule has 1 atom stereocenters. The van der Waals surface area contributed by atoms with E-state index in [9.17, 15) is 4.79 Å². The summed E-state index contributed by atoms with van der Waals surface area (Å²) in [5.74, 6) is -0.186. The van der Waals surface area contributed by atoms with E-state index >= 15 is 0 Å². The van der Waals surface area contributed by atoms with Gasteiger partial charge < -0.3 is 15.7 Å². The number of hydrogen-bond acceptors (Lipinski definition) is 4. The van der Waals surface area contributed by atoms with Crippen molar-refractivity contribution < 1.29 is 9.90 Å². The summed E-state index contributed by atoms with van der Waals surface area (Å²) < 4.78 is 0.773. The highest BCUT2D eigenvalue weighted by atomic mass is 35.5. The largest absolute Gasteiger partial charge is 0.395 e. The molecule has 1 heterocycles. The summed E-state index contributed by atoms with van der Waals surface area (Å²) in [7, 11) is 0. The van der Waals surface area contributed by atoms with Gasteiger partial charge in [0.1, 0.15) is 0 Å². The van der Waals surface area contributed by atoms with Gasteiger partial charge in [0, 0.05) is 22.7 Å². The number of aliphatic hydroxyl groups is 1. The third kappa shape index (κ3) is 4.46. The molecule has 0 saturated carbocycles. The van der Waals surface area contributed by atoms with Crippen LogP contribution in [0.2, 0.25) is 4.34 Å². The zero-order valence-electron chi connectivity index (χ0n) is 11.6. The Morgan fingerprint density at radius 3 is 2.57 bits per heavy atom. The first-order valence-corrected chi connectivity index (χ1v) is 7.80. The highest BCUT2D eigenvalue weighted by molar-refractivity contribution is 7.16. The fourth-order valence-electron chi connectivity index (χ4n) is 1.87. The summed E-state index contributed by atoms with van der Waals surface area (Å²) in [6.45, 7) is 2.26. The molecular weight excluding hydrogens is 308 g/mol. The standard InChI is InChI=1S/C15H17ClN2O2S/c1-10(13-6-7-14(16)21-13)18-12-4-2-11(3-5-12)15(20)17-8-9-19/h2-7,10,18-19H,8-9H2,1H3,(H,17,20). The summed E-state index contributed by atoms with van der Waals surface area (Å²) >= 11 is 7.48. The van der Waals surface area contributed by atoms with E-state index in [4.69, 9.17) is 16.7 Å². The number of halogens is 1. The van der Waals surface area contributed by atoms with E-state index in [-0.39, 0.29) is 25.1 Å². The van der Waals surface area contributed by atoms with Crippen LogP contribution in [-0.2, 0) is 0 Å². The highest BCUT2D eigenvalue weighted by Gasteiger charge is 2.09. The Bertz CT molecular complexity index is 598. The summed E-state index contributed by atoms with van der Waals surface area (Å²) in [4.78, 5) is 12.9. The molecule has 112 valence electrons. The Balaban J connectivity index is 1.97. The Labute approximate surface area is 132 Å².